The van der Waals surface area contributed by atoms with Crippen molar-refractivity contribution in [3.63, 3.8) is 0 Å². The largest absolute Gasteiger partial charge is 0.465 e. The minimum Gasteiger partial charge on any atom is -0.465 e. The maximum Gasteiger partial charge on any atom is 0.407 e. The molecule has 13 nitrogen and oxygen atoms in total. The number of nitrogens with zero attached hydrogens (tertiary/aromatic N) is 4. The van der Waals surface area contributed by atoms with Crippen molar-refractivity contribution in [3.8, 4) is 0 Å². The number of likely N-dealkylation sites (N-methyl/N-ethyl adjacent to an activating group) is 1. The second-order valence-corrected chi connectivity index (χ2v) is 11.9. The third-order valence-corrected chi connectivity index (χ3v) is 8.75. The van der Waals surface area contributed by atoms with E-state index in [4.69, 9.17) is 11.6 Å². The number of halogens is 1. The fraction of sp³-hybridized carbons (Fsp3) is 0.500. The number of hydrogen-bond acceptors (Lipinski definition) is 8. The quantitative estimate of drug-likeness (QED) is 0.360. The van der Waals surface area contributed by atoms with Crippen LogP contribution in [0.3, 0.4) is 0 Å². The van der Waals surface area contributed by atoms with Crippen molar-refractivity contribution in [2.75, 3.05) is 26.5 Å². The molecule has 0 aromatic carbocycles. The fourth-order valence-corrected chi connectivity index (χ4v) is 6.31. The van der Waals surface area contributed by atoms with E-state index >= 15 is 0 Å². The molecule has 0 saturated heterocycles. The highest BCUT2D eigenvalue weighted by Crippen LogP contribution is 2.30. The van der Waals surface area contributed by atoms with E-state index in [-0.39, 0.29) is 35.1 Å². The van der Waals surface area contributed by atoms with Gasteiger partial charge < -0.3 is 30.9 Å². The molecular weight excluding hydrogens is 574 g/mol. The van der Waals surface area contributed by atoms with Gasteiger partial charge in [-0.1, -0.05) is 11.6 Å². The van der Waals surface area contributed by atoms with Gasteiger partial charge in [0.15, 0.2) is 5.01 Å². The van der Waals surface area contributed by atoms with Crippen LogP contribution in [0, 0.1) is 5.92 Å². The Hall–Kier alpha value is -3.78. The number of rotatable bonds is 6. The number of pyridine rings is 1. The number of carbonyl (C=O) groups excluding carboxylic acids is 4. The Morgan fingerprint density at radius 2 is 1.78 bits per heavy atom. The van der Waals surface area contributed by atoms with E-state index in [2.05, 4.69) is 25.9 Å². The van der Waals surface area contributed by atoms with E-state index in [1.165, 1.54) is 46.5 Å². The summed E-state index contributed by atoms with van der Waals surface area (Å²) in [6.07, 6.45) is 3.08. The molecule has 2 aromatic rings. The molecule has 2 heterocycles. The zero-order valence-corrected chi connectivity index (χ0v) is 24.4. The summed E-state index contributed by atoms with van der Waals surface area (Å²) in [5, 5.41) is 18.0. The first-order valence-electron chi connectivity index (χ1n) is 13.1. The lowest BCUT2D eigenvalue weighted by Gasteiger charge is -2.37. The van der Waals surface area contributed by atoms with E-state index in [9.17, 15) is 29.1 Å². The predicted octanol–water partition coefficient (Wildman–Crippen LogP) is 1.77. The second-order valence-electron chi connectivity index (χ2n) is 10.4. The highest BCUT2D eigenvalue weighted by Gasteiger charge is 2.38. The standard InChI is InChI=1S/C26H32ClN7O6S/c1-33(2)25(38)13-4-7-16(29-21(35)22(36)32-20-9-5-14(27)12-28-20)18(10-13)30-23(37)24-31-17-8-6-15(11-19(17)41-24)34(3)26(39)40/h5,9,12-13,15-16,18H,4,6-8,10-11H2,1-3H3,(H,29,35)(H,30,37)(H,39,40)(H,28,32,36)/t13?,15?,16?,18-/m1/s1. The number of amides is 5. The van der Waals surface area contributed by atoms with E-state index in [1.807, 2.05) is 0 Å². The van der Waals surface area contributed by atoms with Crippen LogP contribution < -0.4 is 16.0 Å². The minimum absolute atomic E-state index is 0.0844. The third-order valence-electron chi connectivity index (χ3n) is 7.41. The first kappa shape index (κ1) is 30.2. The summed E-state index contributed by atoms with van der Waals surface area (Å²) in [4.78, 5) is 74.8. The average Bonchev–Trinajstić information content (AvgIpc) is 3.38. The van der Waals surface area contributed by atoms with Crippen molar-refractivity contribution >= 4 is 58.5 Å². The maximum absolute atomic E-state index is 13.3. The number of nitrogens with one attached hydrogen (secondary N) is 3. The van der Waals surface area contributed by atoms with Gasteiger partial charge in [0.05, 0.1) is 16.8 Å². The van der Waals surface area contributed by atoms with Crippen LogP contribution in [0.15, 0.2) is 18.3 Å². The second kappa shape index (κ2) is 12.8. The molecule has 3 unspecified atom stereocenters. The van der Waals surface area contributed by atoms with Crippen LogP contribution in [0.4, 0.5) is 10.6 Å². The van der Waals surface area contributed by atoms with Gasteiger partial charge in [-0.05, 0) is 44.2 Å². The van der Waals surface area contributed by atoms with Crippen LogP contribution in [0.2, 0.25) is 5.02 Å². The Kier molecular flexibility index (Phi) is 9.43. The van der Waals surface area contributed by atoms with Crippen molar-refractivity contribution in [2.45, 2.75) is 56.7 Å². The average molecular weight is 606 g/mol. The summed E-state index contributed by atoms with van der Waals surface area (Å²) < 4.78 is 0. The molecule has 0 aliphatic heterocycles. The topological polar surface area (TPSA) is 174 Å². The molecule has 5 amide bonds. The Morgan fingerprint density at radius 3 is 2.44 bits per heavy atom. The molecule has 4 N–H and O–H groups in total. The number of carbonyl (C=O) groups is 5. The number of fused-ring (bicyclic) bond motifs is 1. The Morgan fingerprint density at radius 1 is 1.02 bits per heavy atom. The molecule has 1 saturated carbocycles. The first-order valence-corrected chi connectivity index (χ1v) is 14.3. The van der Waals surface area contributed by atoms with Crippen molar-refractivity contribution in [1.29, 1.82) is 0 Å². The lowest BCUT2D eigenvalue weighted by atomic mass is 9.81. The summed E-state index contributed by atoms with van der Waals surface area (Å²) in [7, 11) is 4.85. The zero-order chi connectivity index (χ0) is 29.8. The molecule has 2 aliphatic rings. The number of aromatic nitrogens is 2. The molecular formula is C26H32ClN7O6S. The van der Waals surface area contributed by atoms with Crippen LogP contribution in [-0.2, 0) is 27.2 Å². The molecule has 2 aromatic heterocycles. The lowest BCUT2D eigenvalue weighted by Crippen LogP contribution is -2.57. The molecule has 0 bridgehead atoms. The molecule has 41 heavy (non-hydrogen) atoms. The van der Waals surface area contributed by atoms with E-state index in [0.717, 1.165) is 10.6 Å². The van der Waals surface area contributed by atoms with Gasteiger partial charge in [-0.25, -0.2) is 14.8 Å². The van der Waals surface area contributed by atoms with Crippen molar-refractivity contribution < 1.29 is 29.1 Å². The Balaban J connectivity index is 1.46. The van der Waals surface area contributed by atoms with Crippen LogP contribution in [-0.4, -0.2) is 93.9 Å². The van der Waals surface area contributed by atoms with Crippen LogP contribution in [0.1, 0.15) is 46.1 Å². The van der Waals surface area contributed by atoms with Gasteiger partial charge in [0, 0.05) is 56.6 Å². The SMILES string of the molecule is CN(C)C(=O)C1CCC(NC(=O)C(=O)Nc2ccc(Cl)cn2)[C@H](NC(=O)c2nc3c(s2)CC(N(C)C(=O)O)CC3)C1. The number of aryl methyl sites for hydroxylation is 1. The number of anilines is 1. The van der Waals surface area contributed by atoms with Crippen LogP contribution in [0.5, 0.6) is 0 Å². The maximum atomic E-state index is 13.3. The van der Waals surface area contributed by atoms with Crippen molar-refractivity contribution in [2.24, 2.45) is 5.92 Å². The summed E-state index contributed by atoms with van der Waals surface area (Å²) in [6, 6.07) is 1.55. The van der Waals surface area contributed by atoms with E-state index in [0.29, 0.717) is 37.1 Å². The predicted molar refractivity (Wildman–Crippen MR) is 151 cm³/mol. The molecule has 0 spiro atoms. The monoisotopic (exact) mass is 605 g/mol. The molecule has 2 aliphatic carbocycles. The van der Waals surface area contributed by atoms with Crippen LogP contribution in [0.25, 0.3) is 0 Å². The highest BCUT2D eigenvalue weighted by atomic mass is 35.5. The molecule has 4 atom stereocenters. The number of thiazole rings is 1. The summed E-state index contributed by atoms with van der Waals surface area (Å²) >= 11 is 7.03. The summed E-state index contributed by atoms with van der Waals surface area (Å²) in [5.41, 5.74) is 0.775. The highest BCUT2D eigenvalue weighted by molar-refractivity contribution is 7.13. The summed E-state index contributed by atoms with van der Waals surface area (Å²) in [6.45, 7) is 0. The normalized spacial score (nSPS) is 21.7. The summed E-state index contributed by atoms with van der Waals surface area (Å²) in [5.74, 6) is -2.58. The number of carboxylic acid groups (broad SMARTS) is 1. The molecule has 220 valence electrons. The van der Waals surface area contributed by atoms with E-state index < -0.39 is 35.9 Å². The molecule has 0 radical (unpaired) electrons. The van der Waals surface area contributed by atoms with Crippen LogP contribution >= 0.6 is 22.9 Å². The van der Waals surface area contributed by atoms with Gasteiger partial charge in [0.1, 0.15) is 5.82 Å². The van der Waals surface area contributed by atoms with Gasteiger partial charge in [-0.15, -0.1) is 11.3 Å². The minimum atomic E-state index is -1.01. The molecule has 4 rings (SSSR count). The van der Waals surface area contributed by atoms with Gasteiger partial charge in [-0.3, -0.25) is 19.2 Å². The van der Waals surface area contributed by atoms with Gasteiger partial charge in [0.25, 0.3) is 5.91 Å². The molecule has 15 heteroatoms. The third kappa shape index (κ3) is 7.30. The van der Waals surface area contributed by atoms with E-state index in [1.54, 1.807) is 14.1 Å². The van der Waals surface area contributed by atoms with Gasteiger partial charge >= 0.3 is 17.9 Å². The Bertz CT molecular complexity index is 1330. The van der Waals surface area contributed by atoms with Crippen molar-refractivity contribution in [3.05, 3.63) is 38.9 Å². The Labute approximate surface area is 245 Å². The first-order chi connectivity index (χ1) is 19.4. The molecule has 1 fully saturated rings. The smallest absolute Gasteiger partial charge is 0.407 e. The van der Waals surface area contributed by atoms with Gasteiger partial charge in [-0.2, -0.15) is 0 Å². The fourth-order valence-electron chi connectivity index (χ4n) is 5.12. The number of hydrogen-bond donors (Lipinski definition) is 4. The zero-order valence-electron chi connectivity index (χ0n) is 22.8. The van der Waals surface area contributed by atoms with Gasteiger partial charge in [0.2, 0.25) is 5.91 Å². The lowest BCUT2D eigenvalue weighted by molar-refractivity contribution is -0.137. The van der Waals surface area contributed by atoms with Crippen molar-refractivity contribution in [1.82, 2.24) is 30.4 Å².